The standard InChI is InChI=1S/C16H11ClN4OS2/c1-8-9(2)23-14-12(8)15(19-7-18-14)24-16-21-20-13(22-16)10-5-3-4-6-11(10)17/h3-7H,1-2H3. The average molecular weight is 375 g/mol. The molecule has 3 aromatic heterocycles. The number of thiophene rings is 1. The summed E-state index contributed by atoms with van der Waals surface area (Å²) in [5, 5.41) is 11.1. The van der Waals surface area contributed by atoms with E-state index in [0.717, 1.165) is 15.2 Å². The Morgan fingerprint density at radius 2 is 1.96 bits per heavy atom. The van der Waals surface area contributed by atoms with Crippen LogP contribution in [0.25, 0.3) is 21.7 Å². The molecular formula is C16H11ClN4OS2. The van der Waals surface area contributed by atoms with Crippen molar-refractivity contribution in [2.75, 3.05) is 0 Å². The molecule has 0 saturated carbocycles. The van der Waals surface area contributed by atoms with Crippen LogP contribution in [0, 0.1) is 13.8 Å². The van der Waals surface area contributed by atoms with E-state index in [4.69, 9.17) is 16.0 Å². The van der Waals surface area contributed by atoms with Crippen molar-refractivity contribution in [3.8, 4) is 11.5 Å². The van der Waals surface area contributed by atoms with Gasteiger partial charge in [-0.15, -0.1) is 21.5 Å². The Labute approximate surface area is 151 Å². The van der Waals surface area contributed by atoms with Crippen LogP contribution in [0.15, 0.2) is 45.3 Å². The second kappa shape index (κ2) is 6.16. The zero-order valence-corrected chi connectivity index (χ0v) is 15.2. The van der Waals surface area contributed by atoms with Gasteiger partial charge in [-0.3, -0.25) is 0 Å². The van der Waals surface area contributed by atoms with Crippen molar-refractivity contribution in [3.63, 3.8) is 0 Å². The quantitative estimate of drug-likeness (QED) is 0.461. The summed E-state index contributed by atoms with van der Waals surface area (Å²) >= 11 is 9.17. The summed E-state index contributed by atoms with van der Waals surface area (Å²) in [7, 11) is 0. The average Bonchev–Trinajstić information content (AvgIpc) is 3.14. The zero-order valence-electron chi connectivity index (χ0n) is 12.8. The Balaban J connectivity index is 1.72. The van der Waals surface area contributed by atoms with E-state index in [9.17, 15) is 0 Å². The monoisotopic (exact) mass is 374 g/mol. The third-order valence-corrected chi connectivity index (χ3v) is 5.91. The maximum atomic E-state index is 6.18. The summed E-state index contributed by atoms with van der Waals surface area (Å²) in [5.74, 6) is 0.395. The van der Waals surface area contributed by atoms with E-state index in [1.54, 1.807) is 23.7 Å². The smallest absolute Gasteiger partial charge is 0.283 e. The summed E-state index contributed by atoms with van der Waals surface area (Å²) in [6.07, 6.45) is 1.56. The number of halogens is 1. The Morgan fingerprint density at radius 1 is 1.12 bits per heavy atom. The lowest BCUT2D eigenvalue weighted by Gasteiger charge is -1.99. The second-order valence-electron chi connectivity index (χ2n) is 5.10. The van der Waals surface area contributed by atoms with Crippen molar-refractivity contribution >= 4 is 44.9 Å². The predicted molar refractivity (Wildman–Crippen MR) is 95.8 cm³/mol. The molecule has 0 aliphatic carbocycles. The van der Waals surface area contributed by atoms with Gasteiger partial charge >= 0.3 is 0 Å². The highest BCUT2D eigenvalue weighted by Gasteiger charge is 2.17. The molecule has 0 radical (unpaired) electrons. The van der Waals surface area contributed by atoms with E-state index in [1.807, 2.05) is 18.2 Å². The minimum atomic E-state index is 0.395. The zero-order chi connectivity index (χ0) is 16.7. The Kier molecular flexibility index (Phi) is 3.99. The van der Waals surface area contributed by atoms with E-state index in [1.165, 1.54) is 22.2 Å². The number of benzene rings is 1. The number of hydrogen-bond acceptors (Lipinski definition) is 7. The van der Waals surface area contributed by atoms with Gasteiger partial charge in [0.15, 0.2) is 0 Å². The van der Waals surface area contributed by atoms with Gasteiger partial charge in [-0.05, 0) is 43.3 Å². The maximum absolute atomic E-state index is 6.18. The van der Waals surface area contributed by atoms with Gasteiger partial charge in [0.05, 0.1) is 10.6 Å². The lowest BCUT2D eigenvalue weighted by Crippen LogP contribution is -1.85. The summed E-state index contributed by atoms with van der Waals surface area (Å²) in [6, 6.07) is 7.37. The molecule has 0 N–H and O–H groups in total. The molecule has 0 unspecified atom stereocenters. The molecule has 3 heterocycles. The van der Waals surface area contributed by atoms with Gasteiger partial charge in [-0.25, -0.2) is 9.97 Å². The Bertz CT molecular complexity index is 1040. The SMILES string of the molecule is Cc1sc2ncnc(Sc3nnc(-c4ccccc4Cl)o3)c2c1C. The number of rotatable bonds is 3. The maximum Gasteiger partial charge on any atom is 0.283 e. The first-order valence-corrected chi connectivity index (χ1v) is 9.11. The third-order valence-electron chi connectivity index (χ3n) is 3.63. The van der Waals surface area contributed by atoms with Crippen LogP contribution < -0.4 is 0 Å². The van der Waals surface area contributed by atoms with Gasteiger partial charge < -0.3 is 4.42 Å². The van der Waals surface area contributed by atoms with Gasteiger partial charge in [0.2, 0.25) is 5.89 Å². The van der Waals surface area contributed by atoms with E-state index in [0.29, 0.717) is 21.7 Å². The fraction of sp³-hybridized carbons (Fsp3) is 0.125. The van der Waals surface area contributed by atoms with Crippen LogP contribution >= 0.6 is 34.7 Å². The molecule has 0 aliphatic heterocycles. The van der Waals surface area contributed by atoms with Crippen LogP contribution in [0.5, 0.6) is 0 Å². The van der Waals surface area contributed by atoms with Crippen molar-refractivity contribution in [1.29, 1.82) is 0 Å². The van der Waals surface area contributed by atoms with Crippen LogP contribution in [0.2, 0.25) is 5.02 Å². The minimum absolute atomic E-state index is 0.395. The van der Waals surface area contributed by atoms with Crippen molar-refractivity contribution in [2.24, 2.45) is 0 Å². The largest absolute Gasteiger partial charge is 0.411 e. The molecule has 1 aromatic carbocycles. The van der Waals surface area contributed by atoms with Crippen molar-refractivity contribution in [1.82, 2.24) is 20.2 Å². The van der Waals surface area contributed by atoms with Crippen LogP contribution in [-0.4, -0.2) is 20.2 Å². The summed E-state index contributed by atoms with van der Waals surface area (Å²) in [6.45, 7) is 4.16. The molecule has 4 aromatic rings. The molecular weight excluding hydrogens is 364 g/mol. The molecule has 4 rings (SSSR count). The van der Waals surface area contributed by atoms with E-state index < -0.39 is 0 Å². The van der Waals surface area contributed by atoms with E-state index in [2.05, 4.69) is 34.0 Å². The fourth-order valence-corrected chi connectivity index (χ4v) is 4.40. The van der Waals surface area contributed by atoms with Gasteiger partial charge in [0, 0.05) is 10.3 Å². The molecule has 5 nitrogen and oxygen atoms in total. The van der Waals surface area contributed by atoms with Crippen molar-refractivity contribution < 1.29 is 4.42 Å². The van der Waals surface area contributed by atoms with E-state index >= 15 is 0 Å². The molecule has 8 heteroatoms. The molecule has 24 heavy (non-hydrogen) atoms. The van der Waals surface area contributed by atoms with Crippen LogP contribution in [0.4, 0.5) is 0 Å². The second-order valence-corrected chi connectivity index (χ2v) is 7.65. The predicted octanol–water partition coefficient (Wildman–Crippen LogP) is 5.16. The first kappa shape index (κ1) is 15.6. The number of hydrogen-bond donors (Lipinski definition) is 0. The Hall–Kier alpha value is -1.96. The lowest BCUT2D eigenvalue weighted by molar-refractivity contribution is 0.466. The fourth-order valence-electron chi connectivity index (χ4n) is 2.30. The molecule has 0 saturated heterocycles. The molecule has 0 spiro atoms. The normalized spacial score (nSPS) is 11.3. The van der Waals surface area contributed by atoms with Gasteiger partial charge in [0.1, 0.15) is 16.2 Å². The van der Waals surface area contributed by atoms with Gasteiger partial charge in [-0.1, -0.05) is 23.7 Å². The first-order chi connectivity index (χ1) is 11.6. The summed E-state index contributed by atoms with van der Waals surface area (Å²) < 4.78 is 5.75. The molecule has 0 atom stereocenters. The number of fused-ring (bicyclic) bond motifs is 1. The highest BCUT2D eigenvalue weighted by Crippen LogP contribution is 2.38. The summed E-state index contributed by atoms with van der Waals surface area (Å²) in [5.41, 5.74) is 1.90. The molecule has 0 fully saturated rings. The molecule has 0 amide bonds. The van der Waals surface area contributed by atoms with Crippen LogP contribution in [0.1, 0.15) is 10.4 Å². The van der Waals surface area contributed by atoms with Crippen molar-refractivity contribution in [3.05, 3.63) is 46.1 Å². The minimum Gasteiger partial charge on any atom is -0.411 e. The number of nitrogens with zero attached hydrogens (tertiary/aromatic N) is 4. The van der Waals surface area contributed by atoms with Crippen LogP contribution in [-0.2, 0) is 0 Å². The summed E-state index contributed by atoms with van der Waals surface area (Å²) in [4.78, 5) is 10.9. The van der Waals surface area contributed by atoms with Crippen molar-refractivity contribution in [2.45, 2.75) is 24.1 Å². The molecule has 0 bridgehead atoms. The topological polar surface area (TPSA) is 64.7 Å². The highest BCUT2D eigenvalue weighted by atomic mass is 35.5. The molecule has 0 aliphatic rings. The van der Waals surface area contributed by atoms with E-state index in [-0.39, 0.29) is 0 Å². The Morgan fingerprint density at radius 3 is 2.79 bits per heavy atom. The number of aryl methyl sites for hydroxylation is 2. The third kappa shape index (κ3) is 2.68. The number of aromatic nitrogens is 4. The van der Waals surface area contributed by atoms with Crippen LogP contribution in [0.3, 0.4) is 0 Å². The highest BCUT2D eigenvalue weighted by molar-refractivity contribution is 7.99. The first-order valence-electron chi connectivity index (χ1n) is 7.10. The molecule has 120 valence electrons. The lowest BCUT2D eigenvalue weighted by atomic mass is 10.2. The van der Waals surface area contributed by atoms with Gasteiger partial charge in [-0.2, -0.15) is 0 Å². The van der Waals surface area contributed by atoms with Gasteiger partial charge in [0.25, 0.3) is 5.22 Å².